The first-order chi connectivity index (χ1) is 15.5. The van der Waals surface area contributed by atoms with E-state index in [1.165, 1.54) is 17.5 Å². The van der Waals surface area contributed by atoms with Gasteiger partial charge in [-0.3, -0.25) is 4.79 Å². The Morgan fingerprint density at radius 3 is 2.94 bits per heavy atom. The summed E-state index contributed by atoms with van der Waals surface area (Å²) in [4.78, 5) is 24.4. The number of aryl methyl sites for hydroxylation is 1. The molecule has 164 valence electrons. The van der Waals surface area contributed by atoms with E-state index in [-0.39, 0.29) is 11.6 Å². The molecule has 2 N–H and O–H groups in total. The number of nitrogens with zero attached hydrogens (tertiary/aromatic N) is 6. The SMILES string of the molecule is Cc1nnnn1-c1ccnc(N[C@@H](C)c2cc3cc(Cl)c(OCC4CC4)cc3[nH]c2=O)n1. The van der Waals surface area contributed by atoms with Crippen molar-refractivity contribution in [1.29, 1.82) is 0 Å². The molecular weight excluding hydrogens is 432 g/mol. The molecule has 0 radical (unpaired) electrons. The van der Waals surface area contributed by atoms with E-state index in [2.05, 4.69) is 35.8 Å². The van der Waals surface area contributed by atoms with Crippen LogP contribution in [0.2, 0.25) is 5.02 Å². The number of nitrogens with one attached hydrogen (secondary N) is 2. The Kier molecular flexibility index (Phi) is 5.22. The Morgan fingerprint density at radius 2 is 2.19 bits per heavy atom. The van der Waals surface area contributed by atoms with Gasteiger partial charge in [-0.05, 0) is 55.2 Å². The minimum Gasteiger partial charge on any atom is -0.492 e. The lowest BCUT2D eigenvalue weighted by atomic mass is 10.1. The van der Waals surface area contributed by atoms with E-state index >= 15 is 0 Å². The van der Waals surface area contributed by atoms with Crippen molar-refractivity contribution in [1.82, 2.24) is 35.2 Å². The Hall–Kier alpha value is -3.53. The highest BCUT2D eigenvalue weighted by molar-refractivity contribution is 6.32. The third kappa shape index (κ3) is 4.13. The average molecular weight is 453 g/mol. The summed E-state index contributed by atoms with van der Waals surface area (Å²) in [6.07, 6.45) is 3.99. The van der Waals surface area contributed by atoms with Crippen molar-refractivity contribution in [2.45, 2.75) is 32.7 Å². The summed E-state index contributed by atoms with van der Waals surface area (Å²) in [6.45, 7) is 4.29. The third-order valence-electron chi connectivity index (χ3n) is 5.39. The molecule has 1 aromatic carbocycles. The minimum absolute atomic E-state index is 0.208. The summed E-state index contributed by atoms with van der Waals surface area (Å²) in [6, 6.07) is 6.75. The van der Waals surface area contributed by atoms with Gasteiger partial charge in [0.05, 0.1) is 23.2 Å². The van der Waals surface area contributed by atoms with Crippen LogP contribution in [0.3, 0.4) is 0 Å². The van der Waals surface area contributed by atoms with Crippen LogP contribution in [0.4, 0.5) is 5.95 Å². The number of anilines is 1. The lowest BCUT2D eigenvalue weighted by Crippen LogP contribution is -2.20. The van der Waals surface area contributed by atoms with Crippen LogP contribution >= 0.6 is 11.6 Å². The molecule has 0 aliphatic heterocycles. The van der Waals surface area contributed by atoms with Crippen LogP contribution in [-0.2, 0) is 0 Å². The van der Waals surface area contributed by atoms with E-state index < -0.39 is 0 Å². The van der Waals surface area contributed by atoms with Gasteiger partial charge in [0, 0.05) is 29.3 Å². The smallest absolute Gasteiger partial charge is 0.253 e. The molecule has 0 saturated heterocycles. The molecule has 1 aliphatic rings. The number of hydrogen-bond donors (Lipinski definition) is 2. The van der Waals surface area contributed by atoms with Crippen LogP contribution < -0.4 is 15.6 Å². The van der Waals surface area contributed by atoms with Crippen LogP contribution in [0.5, 0.6) is 5.75 Å². The molecule has 3 aromatic heterocycles. The third-order valence-corrected chi connectivity index (χ3v) is 5.69. The molecule has 10 nitrogen and oxygen atoms in total. The number of tetrazole rings is 1. The van der Waals surface area contributed by atoms with Gasteiger partial charge in [0.25, 0.3) is 5.56 Å². The Labute approximate surface area is 188 Å². The van der Waals surface area contributed by atoms with Crippen molar-refractivity contribution in [2.75, 3.05) is 11.9 Å². The summed E-state index contributed by atoms with van der Waals surface area (Å²) in [5.41, 5.74) is 1.00. The molecule has 0 unspecified atom stereocenters. The molecule has 11 heteroatoms. The number of aromatic amines is 1. The van der Waals surface area contributed by atoms with E-state index in [9.17, 15) is 4.79 Å². The van der Waals surface area contributed by atoms with E-state index in [1.54, 1.807) is 25.3 Å². The first-order valence-corrected chi connectivity index (χ1v) is 10.7. The summed E-state index contributed by atoms with van der Waals surface area (Å²) >= 11 is 6.42. The van der Waals surface area contributed by atoms with Gasteiger partial charge in [0.1, 0.15) is 5.75 Å². The second kappa shape index (κ2) is 8.19. The van der Waals surface area contributed by atoms with Crippen molar-refractivity contribution in [3.8, 4) is 11.6 Å². The number of fused-ring (bicyclic) bond motifs is 1. The molecule has 0 bridgehead atoms. The van der Waals surface area contributed by atoms with Gasteiger partial charge in [0.2, 0.25) is 5.95 Å². The van der Waals surface area contributed by atoms with Gasteiger partial charge in [0.15, 0.2) is 11.6 Å². The summed E-state index contributed by atoms with van der Waals surface area (Å²) in [5.74, 6) is 2.68. The number of benzene rings is 1. The van der Waals surface area contributed by atoms with Crippen molar-refractivity contribution in [2.24, 2.45) is 5.92 Å². The normalized spacial score (nSPS) is 14.5. The number of pyridine rings is 1. The second-order valence-electron chi connectivity index (χ2n) is 7.92. The fourth-order valence-electron chi connectivity index (χ4n) is 3.40. The zero-order valence-corrected chi connectivity index (χ0v) is 18.3. The number of hydrogen-bond acceptors (Lipinski definition) is 8. The Morgan fingerprint density at radius 1 is 1.34 bits per heavy atom. The number of ether oxygens (including phenoxy) is 1. The minimum atomic E-state index is -0.363. The molecule has 0 amide bonds. The standard InChI is InChI=1S/C21H21ClN8O2/c1-11(24-21-23-6-5-19(26-21)30-12(2)27-28-29-30)15-7-14-8-16(22)18(32-10-13-3-4-13)9-17(14)25-20(15)31/h5-9,11,13H,3-4,10H2,1-2H3,(H,25,31)(H,23,24,26)/t11-/m0/s1. The lowest BCUT2D eigenvalue weighted by molar-refractivity contribution is 0.300. The molecule has 1 fully saturated rings. The molecular formula is C21H21ClN8O2. The van der Waals surface area contributed by atoms with Crippen molar-refractivity contribution < 1.29 is 4.74 Å². The highest BCUT2D eigenvalue weighted by Gasteiger charge is 2.22. The highest BCUT2D eigenvalue weighted by Crippen LogP contribution is 2.33. The average Bonchev–Trinajstić information content (AvgIpc) is 3.50. The summed E-state index contributed by atoms with van der Waals surface area (Å²) in [5, 5.41) is 15.9. The maximum Gasteiger partial charge on any atom is 0.253 e. The second-order valence-corrected chi connectivity index (χ2v) is 8.33. The summed E-state index contributed by atoms with van der Waals surface area (Å²) in [7, 11) is 0. The first kappa shape index (κ1) is 20.4. The zero-order chi connectivity index (χ0) is 22.2. The van der Waals surface area contributed by atoms with Gasteiger partial charge in [-0.15, -0.1) is 5.10 Å². The molecule has 32 heavy (non-hydrogen) atoms. The number of halogens is 1. The Balaban J connectivity index is 1.40. The predicted octanol–water partition coefficient (Wildman–Crippen LogP) is 3.22. The topological polar surface area (TPSA) is 123 Å². The fraction of sp³-hybridized carbons (Fsp3) is 0.333. The quantitative estimate of drug-likeness (QED) is 0.438. The molecule has 3 heterocycles. The molecule has 1 saturated carbocycles. The van der Waals surface area contributed by atoms with Crippen molar-refractivity contribution in [3.05, 3.63) is 57.2 Å². The number of aromatic nitrogens is 7. The molecule has 5 rings (SSSR count). The van der Waals surface area contributed by atoms with Crippen LogP contribution in [0.1, 0.15) is 37.2 Å². The number of rotatable bonds is 7. The Bertz CT molecular complexity index is 1350. The van der Waals surface area contributed by atoms with Crippen LogP contribution in [-0.4, -0.2) is 41.8 Å². The molecule has 4 aromatic rings. The fourth-order valence-corrected chi connectivity index (χ4v) is 3.63. The van der Waals surface area contributed by atoms with Gasteiger partial charge >= 0.3 is 0 Å². The predicted molar refractivity (Wildman–Crippen MR) is 119 cm³/mol. The maximum absolute atomic E-state index is 12.8. The van der Waals surface area contributed by atoms with Crippen LogP contribution in [0.15, 0.2) is 35.3 Å². The van der Waals surface area contributed by atoms with E-state index in [0.29, 0.717) is 52.0 Å². The van der Waals surface area contributed by atoms with Gasteiger partial charge in [-0.25, -0.2) is 4.98 Å². The van der Waals surface area contributed by atoms with Gasteiger partial charge in [-0.2, -0.15) is 9.67 Å². The van der Waals surface area contributed by atoms with Crippen molar-refractivity contribution in [3.63, 3.8) is 0 Å². The summed E-state index contributed by atoms with van der Waals surface area (Å²) < 4.78 is 7.32. The number of H-pyrrole nitrogens is 1. The van der Waals surface area contributed by atoms with E-state index in [0.717, 1.165) is 5.39 Å². The van der Waals surface area contributed by atoms with Gasteiger partial charge < -0.3 is 15.0 Å². The van der Waals surface area contributed by atoms with E-state index in [4.69, 9.17) is 16.3 Å². The first-order valence-electron chi connectivity index (χ1n) is 10.3. The maximum atomic E-state index is 12.8. The molecule has 0 spiro atoms. The lowest BCUT2D eigenvalue weighted by Gasteiger charge is -2.15. The molecule has 1 atom stereocenters. The molecule has 1 aliphatic carbocycles. The van der Waals surface area contributed by atoms with Crippen LogP contribution in [0.25, 0.3) is 16.7 Å². The largest absolute Gasteiger partial charge is 0.492 e. The van der Waals surface area contributed by atoms with Gasteiger partial charge in [-0.1, -0.05) is 11.6 Å². The van der Waals surface area contributed by atoms with E-state index in [1.807, 2.05) is 19.1 Å². The van der Waals surface area contributed by atoms with Crippen molar-refractivity contribution >= 4 is 28.5 Å². The monoisotopic (exact) mass is 452 g/mol. The van der Waals surface area contributed by atoms with Crippen LogP contribution in [0, 0.1) is 12.8 Å². The zero-order valence-electron chi connectivity index (χ0n) is 17.5. The highest BCUT2D eigenvalue weighted by atomic mass is 35.5.